The van der Waals surface area contributed by atoms with Gasteiger partial charge in [0, 0.05) is 23.3 Å². The summed E-state index contributed by atoms with van der Waals surface area (Å²) in [5.41, 5.74) is 1.79. The van der Waals surface area contributed by atoms with Crippen LogP contribution in [0.25, 0.3) is 16.9 Å². The van der Waals surface area contributed by atoms with Crippen LogP contribution in [-0.2, 0) is 21.3 Å². The van der Waals surface area contributed by atoms with Gasteiger partial charge in [-0.05, 0) is 25.1 Å². The highest BCUT2D eigenvalue weighted by atomic mass is 35.5. The second kappa shape index (κ2) is 8.32. The van der Waals surface area contributed by atoms with Crippen molar-refractivity contribution in [2.24, 2.45) is 0 Å². The number of amides is 1. The Labute approximate surface area is 203 Å². The molecule has 1 aliphatic rings. The number of benzene rings is 2. The quantitative estimate of drug-likeness (QED) is 0.309. The van der Waals surface area contributed by atoms with Crippen molar-refractivity contribution in [1.82, 2.24) is 14.9 Å². The standard InChI is InChI=1S/C22H16ClN5O6S/c1-12-19(20(26-34-12)15-4-2-3-5-17(15)23)22(29)24-21-16-10-35(32,33)11-18(16)25-27(21)13-6-8-14(9-7-13)28(30)31/h2-9H,10-11H2,1H3,(H,24,29). The second-order valence-electron chi connectivity index (χ2n) is 7.89. The van der Waals surface area contributed by atoms with Gasteiger partial charge < -0.3 is 9.84 Å². The molecule has 0 atom stereocenters. The Morgan fingerprint density at radius 1 is 1.17 bits per heavy atom. The van der Waals surface area contributed by atoms with Crippen molar-refractivity contribution >= 4 is 38.9 Å². The van der Waals surface area contributed by atoms with E-state index in [0.717, 1.165) is 0 Å². The largest absolute Gasteiger partial charge is 0.360 e. The number of aryl methyl sites for hydroxylation is 1. The van der Waals surface area contributed by atoms with Crippen molar-refractivity contribution in [2.45, 2.75) is 18.4 Å². The topological polar surface area (TPSA) is 150 Å². The molecule has 1 N–H and O–H groups in total. The normalized spacial score (nSPS) is 14.0. The molecule has 2 aromatic carbocycles. The Hall–Kier alpha value is -4.03. The number of halogens is 1. The number of nitrogens with zero attached hydrogens (tertiary/aromatic N) is 4. The molecule has 1 aliphatic heterocycles. The third-order valence-corrected chi connectivity index (χ3v) is 7.31. The Balaban J connectivity index is 1.59. The second-order valence-corrected chi connectivity index (χ2v) is 10.4. The molecule has 178 valence electrons. The predicted molar refractivity (Wildman–Crippen MR) is 126 cm³/mol. The summed E-state index contributed by atoms with van der Waals surface area (Å²) in [6.07, 6.45) is 0. The van der Waals surface area contributed by atoms with Crippen LogP contribution >= 0.6 is 11.6 Å². The summed E-state index contributed by atoms with van der Waals surface area (Å²) < 4.78 is 31.1. The van der Waals surface area contributed by atoms with Gasteiger partial charge in [-0.1, -0.05) is 35.0 Å². The number of rotatable bonds is 5. The molecule has 0 unspecified atom stereocenters. The SMILES string of the molecule is Cc1onc(-c2ccccc2Cl)c1C(=O)Nc1c2c(nn1-c1ccc([N+](=O)[O-])cc1)CS(=O)(=O)C2. The first kappa shape index (κ1) is 22.7. The average Bonchev–Trinajstić information content (AvgIpc) is 3.44. The van der Waals surface area contributed by atoms with Crippen molar-refractivity contribution in [3.05, 3.63) is 86.2 Å². The minimum atomic E-state index is -3.42. The van der Waals surface area contributed by atoms with Crippen molar-refractivity contribution in [3.8, 4) is 16.9 Å². The molecular formula is C22H16ClN5O6S. The van der Waals surface area contributed by atoms with Crippen LogP contribution in [0.5, 0.6) is 0 Å². The monoisotopic (exact) mass is 513 g/mol. The highest BCUT2D eigenvalue weighted by Crippen LogP contribution is 2.35. The number of hydrogen-bond donors (Lipinski definition) is 1. The Bertz CT molecular complexity index is 1610. The van der Waals surface area contributed by atoms with Crippen molar-refractivity contribution in [3.63, 3.8) is 0 Å². The average molecular weight is 514 g/mol. The van der Waals surface area contributed by atoms with E-state index in [2.05, 4.69) is 15.6 Å². The summed E-state index contributed by atoms with van der Waals surface area (Å²) in [5, 5.41) is 22.5. The third kappa shape index (κ3) is 4.06. The van der Waals surface area contributed by atoms with E-state index in [1.807, 2.05) is 0 Å². The maximum Gasteiger partial charge on any atom is 0.269 e. The number of carbonyl (C=O) groups excluding carboxylic acids is 1. The maximum absolute atomic E-state index is 13.5. The number of sulfone groups is 1. The van der Waals surface area contributed by atoms with Crippen molar-refractivity contribution < 1.29 is 22.7 Å². The van der Waals surface area contributed by atoms with Gasteiger partial charge in [-0.25, -0.2) is 13.1 Å². The maximum atomic E-state index is 13.5. The van der Waals surface area contributed by atoms with Gasteiger partial charge in [0.2, 0.25) is 0 Å². The lowest BCUT2D eigenvalue weighted by atomic mass is 10.1. The summed E-state index contributed by atoms with van der Waals surface area (Å²) in [6.45, 7) is 1.57. The third-order valence-electron chi connectivity index (χ3n) is 5.54. The van der Waals surface area contributed by atoms with Crippen LogP contribution < -0.4 is 5.32 Å². The van der Waals surface area contributed by atoms with Crippen LogP contribution in [0, 0.1) is 17.0 Å². The molecule has 4 aromatic rings. The molecule has 0 saturated heterocycles. The van der Waals surface area contributed by atoms with E-state index in [4.69, 9.17) is 16.1 Å². The van der Waals surface area contributed by atoms with E-state index in [9.17, 15) is 23.3 Å². The molecular weight excluding hydrogens is 498 g/mol. The van der Waals surface area contributed by atoms with Crippen LogP contribution in [0.2, 0.25) is 5.02 Å². The van der Waals surface area contributed by atoms with Crippen molar-refractivity contribution in [2.75, 3.05) is 5.32 Å². The molecule has 2 aromatic heterocycles. The zero-order valence-electron chi connectivity index (χ0n) is 18.1. The van der Waals surface area contributed by atoms with Gasteiger partial charge in [0.25, 0.3) is 11.6 Å². The zero-order chi connectivity index (χ0) is 24.9. The summed E-state index contributed by atoms with van der Waals surface area (Å²) in [6, 6.07) is 12.4. The molecule has 0 bridgehead atoms. The number of anilines is 1. The number of nitrogens with one attached hydrogen (secondary N) is 1. The van der Waals surface area contributed by atoms with Gasteiger partial charge >= 0.3 is 0 Å². The van der Waals surface area contributed by atoms with Crippen LogP contribution in [-0.4, -0.2) is 34.2 Å². The van der Waals surface area contributed by atoms with Gasteiger partial charge in [-0.2, -0.15) is 5.10 Å². The van der Waals surface area contributed by atoms with Gasteiger partial charge in [0.1, 0.15) is 22.8 Å². The van der Waals surface area contributed by atoms with E-state index >= 15 is 0 Å². The number of non-ortho nitro benzene ring substituents is 1. The van der Waals surface area contributed by atoms with E-state index in [1.54, 1.807) is 31.2 Å². The predicted octanol–water partition coefficient (Wildman–Crippen LogP) is 4.08. The van der Waals surface area contributed by atoms with Crippen molar-refractivity contribution in [1.29, 1.82) is 0 Å². The molecule has 1 amide bonds. The Kier molecular flexibility index (Phi) is 5.41. The highest BCUT2D eigenvalue weighted by molar-refractivity contribution is 7.90. The molecule has 0 aliphatic carbocycles. The first-order valence-electron chi connectivity index (χ1n) is 10.2. The molecule has 5 rings (SSSR count). The van der Waals surface area contributed by atoms with E-state index in [0.29, 0.717) is 27.5 Å². The van der Waals surface area contributed by atoms with Gasteiger partial charge in [-0.3, -0.25) is 14.9 Å². The summed E-state index contributed by atoms with van der Waals surface area (Å²) >= 11 is 6.29. The molecule has 3 heterocycles. The summed E-state index contributed by atoms with van der Waals surface area (Å²) in [7, 11) is -3.42. The number of aromatic nitrogens is 3. The fraction of sp³-hybridized carbons (Fsp3) is 0.136. The number of hydrogen-bond acceptors (Lipinski definition) is 8. The Morgan fingerprint density at radius 2 is 1.89 bits per heavy atom. The minimum Gasteiger partial charge on any atom is -0.360 e. The smallest absolute Gasteiger partial charge is 0.269 e. The van der Waals surface area contributed by atoms with Gasteiger partial charge in [0.05, 0.1) is 32.8 Å². The number of carbonyl (C=O) groups is 1. The molecule has 0 radical (unpaired) electrons. The lowest BCUT2D eigenvalue weighted by Gasteiger charge is -2.11. The number of nitro groups is 1. The fourth-order valence-electron chi connectivity index (χ4n) is 3.92. The molecule has 11 nitrogen and oxygen atoms in total. The fourth-order valence-corrected chi connectivity index (χ4v) is 5.64. The first-order chi connectivity index (χ1) is 16.6. The van der Waals surface area contributed by atoms with E-state index in [1.165, 1.54) is 28.9 Å². The van der Waals surface area contributed by atoms with Gasteiger partial charge in [0.15, 0.2) is 9.84 Å². The lowest BCUT2D eigenvalue weighted by Crippen LogP contribution is -2.18. The Morgan fingerprint density at radius 3 is 2.57 bits per heavy atom. The summed E-state index contributed by atoms with van der Waals surface area (Å²) in [4.78, 5) is 23.9. The van der Waals surface area contributed by atoms with E-state index in [-0.39, 0.29) is 40.0 Å². The number of nitro benzene ring substituents is 1. The number of fused-ring (bicyclic) bond motifs is 1. The first-order valence-corrected chi connectivity index (χ1v) is 12.4. The van der Waals surface area contributed by atoms with Crippen LogP contribution in [0.4, 0.5) is 11.5 Å². The highest BCUT2D eigenvalue weighted by Gasteiger charge is 2.34. The van der Waals surface area contributed by atoms with Crippen LogP contribution in [0.15, 0.2) is 53.1 Å². The lowest BCUT2D eigenvalue weighted by molar-refractivity contribution is -0.384. The van der Waals surface area contributed by atoms with Crippen LogP contribution in [0.1, 0.15) is 27.4 Å². The van der Waals surface area contributed by atoms with E-state index < -0.39 is 20.7 Å². The van der Waals surface area contributed by atoms with Crippen LogP contribution in [0.3, 0.4) is 0 Å². The molecule has 13 heteroatoms. The molecule has 0 saturated carbocycles. The summed E-state index contributed by atoms with van der Waals surface area (Å²) in [5.74, 6) is -0.796. The zero-order valence-corrected chi connectivity index (χ0v) is 19.6. The van der Waals surface area contributed by atoms with Gasteiger partial charge in [-0.15, -0.1) is 0 Å². The minimum absolute atomic E-state index is 0.119. The molecule has 35 heavy (non-hydrogen) atoms. The molecule has 0 spiro atoms. The molecule has 0 fully saturated rings.